The maximum Gasteiger partial charge on any atom is 0.235 e. The molecule has 0 amide bonds. The molecule has 19 heavy (non-hydrogen) atoms. The summed E-state index contributed by atoms with van der Waals surface area (Å²) in [5, 5.41) is 0. The van der Waals surface area contributed by atoms with E-state index in [1.54, 1.807) is 12.3 Å². The van der Waals surface area contributed by atoms with Crippen molar-refractivity contribution in [1.82, 2.24) is 0 Å². The molecule has 4 heteroatoms. The minimum Gasteiger partial charge on any atom is -0.426 e. The summed E-state index contributed by atoms with van der Waals surface area (Å²) in [7, 11) is 2.17. The van der Waals surface area contributed by atoms with E-state index in [9.17, 15) is 4.39 Å². The number of halogens is 1. The fraction of sp³-hybridized carbons (Fsp3) is 0.667. The maximum absolute atomic E-state index is 13.8. The van der Waals surface area contributed by atoms with Gasteiger partial charge in [-0.3, -0.25) is 4.90 Å². The van der Waals surface area contributed by atoms with Gasteiger partial charge in [-0.2, -0.15) is 0 Å². The van der Waals surface area contributed by atoms with E-state index in [1.165, 1.54) is 44.3 Å². The van der Waals surface area contributed by atoms with Gasteiger partial charge in [-0.05, 0) is 6.07 Å². The summed E-state index contributed by atoms with van der Waals surface area (Å²) in [6.07, 6.45) is 10.5. The topological polar surface area (TPSA) is 7.12 Å². The highest BCUT2D eigenvalue weighted by Gasteiger charge is 2.56. The molecule has 0 saturated carbocycles. The van der Waals surface area contributed by atoms with E-state index in [0.717, 1.165) is 18.1 Å². The lowest BCUT2D eigenvalue weighted by Crippen LogP contribution is -2.71. The van der Waals surface area contributed by atoms with Crippen LogP contribution in [-0.2, 0) is 0 Å². The number of hydrogen-bond donors (Lipinski definition) is 0. The molecule has 4 rings (SSSR count). The molecule has 0 unspecified atom stereocenters. The smallest absolute Gasteiger partial charge is 0.235 e. The van der Waals surface area contributed by atoms with Gasteiger partial charge < -0.3 is 4.48 Å². The Kier molecular flexibility index (Phi) is 2.45. The van der Waals surface area contributed by atoms with Gasteiger partial charge >= 0.3 is 0 Å². The molecule has 3 aliphatic heterocycles. The average molecular weight is 260 g/mol. The van der Waals surface area contributed by atoms with Gasteiger partial charge in [0.05, 0.1) is 13.2 Å². The van der Waals surface area contributed by atoms with Crippen LogP contribution in [-0.4, -0.2) is 19.8 Å². The Labute approximate surface area is 114 Å². The molecule has 0 radical (unpaired) electrons. The highest BCUT2D eigenvalue weighted by atomic mass is 19.1. The molecule has 2 bridgehead atoms. The first-order valence-electron chi connectivity index (χ1n) is 7.82. The highest BCUT2D eigenvalue weighted by molar-refractivity contribution is 6.76. The van der Waals surface area contributed by atoms with E-state index in [4.69, 9.17) is 0 Å². The summed E-state index contributed by atoms with van der Waals surface area (Å²) in [4.78, 5) is 2.36. The Balaban J connectivity index is 1.90. The molecule has 0 atom stereocenters. The quantitative estimate of drug-likeness (QED) is 0.650. The Morgan fingerprint density at radius 3 is 2.42 bits per heavy atom. The molecule has 4 heterocycles. The van der Waals surface area contributed by atoms with Crippen molar-refractivity contribution in [2.45, 2.75) is 50.2 Å². The molecular formula is C15H22BFN2. The molecule has 2 fully saturated rings. The van der Waals surface area contributed by atoms with Crippen LogP contribution in [0.25, 0.3) is 0 Å². The number of fused-ring (bicyclic) bond motifs is 1. The average Bonchev–Trinajstić information content (AvgIpc) is 2.63. The highest BCUT2D eigenvalue weighted by Crippen LogP contribution is 2.53. The van der Waals surface area contributed by atoms with E-state index in [1.807, 2.05) is 6.07 Å². The number of nitrogens with zero attached hydrogens (tertiary/aromatic N) is 2. The van der Waals surface area contributed by atoms with Crippen LogP contribution in [0.3, 0.4) is 0 Å². The van der Waals surface area contributed by atoms with Crippen LogP contribution >= 0.6 is 0 Å². The third kappa shape index (κ3) is 1.46. The minimum absolute atomic E-state index is 0.0797. The molecular weight excluding hydrogens is 238 g/mol. The van der Waals surface area contributed by atoms with Crippen molar-refractivity contribution in [2.75, 3.05) is 18.4 Å². The second-order valence-corrected chi connectivity index (χ2v) is 7.02. The molecule has 102 valence electrons. The van der Waals surface area contributed by atoms with Crippen molar-refractivity contribution >= 4 is 12.1 Å². The van der Waals surface area contributed by atoms with Gasteiger partial charge in [0.15, 0.2) is 5.82 Å². The predicted molar refractivity (Wildman–Crippen MR) is 76.2 cm³/mol. The Hall–Kier alpha value is -1.06. The fourth-order valence-electron chi connectivity index (χ4n) is 5.68. The van der Waals surface area contributed by atoms with Gasteiger partial charge in [0.2, 0.25) is 12.1 Å². The monoisotopic (exact) mass is 260 g/mol. The Morgan fingerprint density at radius 1 is 1.16 bits per heavy atom. The van der Waals surface area contributed by atoms with E-state index in [0.29, 0.717) is 0 Å². The zero-order valence-corrected chi connectivity index (χ0v) is 11.7. The standard InChI is InChI=1S/C15H22BFN2/c1-18-11-16(19-10-14(17)8-9-15(18)19)12-4-2-5-13(16)7-3-6-12/h8-10,12-13H,2-7,11H2,1H3. The van der Waals surface area contributed by atoms with Gasteiger partial charge in [0.25, 0.3) is 0 Å². The normalized spacial score (nSPS) is 36.6. The van der Waals surface area contributed by atoms with E-state index in [-0.39, 0.29) is 5.82 Å². The number of anilines is 1. The lowest BCUT2D eigenvalue weighted by Gasteiger charge is -2.53. The molecule has 3 aliphatic rings. The van der Waals surface area contributed by atoms with Crippen molar-refractivity contribution in [1.29, 1.82) is 0 Å². The predicted octanol–water partition coefficient (Wildman–Crippen LogP) is 3.00. The number of aromatic nitrogens is 1. The van der Waals surface area contributed by atoms with Crippen molar-refractivity contribution in [2.24, 2.45) is 0 Å². The second-order valence-electron chi connectivity index (χ2n) is 7.02. The Bertz CT molecular complexity index is 497. The molecule has 2 nitrogen and oxygen atoms in total. The SMILES string of the molecule is CN1C[B-]2(C3CCCC2CCC3)[n+]2cc(F)ccc21. The van der Waals surface area contributed by atoms with E-state index >= 15 is 0 Å². The summed E-state index contributed by atoms with van der Waals surface area (Å²) >= 11 is 0. The largest absolute Gasteiger partial charge is 0.426 e. The van der Waals surface area contributed by atoms with Crippen LogP contribution < -0.4 is 9.38 Å². The van der Waals surface area contributed by atoms with Crippen LogP contribution in [0.1, 0.15) is 38.5 Å². The summed E-state index contributed by atoms with van der Waals surface area (Å²) < 4.78 is 16.1. The third-order valence-electron chi connectivity index (χ3n) is 6.33. The molecule has 1 aromatic heterocycles. The third-order valence-corrected chi connectivity index (χ3v) is 6.33. The minimum atomic E-state index is -0.609. The first kappa shape index (κ1) is 11.7. The van der Waals surface area contributed by atoms with Crippen molar-refractivity contribution < 1.29 is 8.87 Å². The van der Waals surface area contributed by atoms with E-state index in [2.05, 4.69) is 16.4 Å². The lowest BCUT2D eigenvalue weighted by molar-refractivity contribution is -0.534. The Morgan fingerprint density at radius 2 is 1.79 bits per heavy atom. The summed E-state index contributed by atoms with van der Waals surface area (Å²) in [6.45, 7) is 0. The van der Waals surface area contributed by atoms with Gasteiger partial charge in [0, 0.05) is 12.5 Å². The second kappa shape index (κ2) is 3.97. The van der Waals surface area contributed by atoms with Crippen molar-refractivity contribution in [3.63, 3.8) is 0 Å². The number of pyridine rings is 1. The van der Waals surface area contributed by atoms with Gasteiger partial charge in [-0.1, -0.05) is 38.5 Å². The summed E-state index contributed by atoms with van der Waals surface area (Å²) in [5.74, 6) is 2.76. The first-order chi connectivity index (χ1) is 9.22. The van der Waals surface area contributed by atoms with Crippen molar-refractivity contribution in [3.05, 3.63) is 24.1 Å². The van der Waals surface area contributed by atoms with Crippen LogP contribution in [0.15, 0.2) is 18.3 Å². The molecule has 0 aliphatic carbocycles. The van der Waals surface area contributed by atoms with Crippen LogP contribution in [0.5, 0.6) is 0 Å². The summed E-state index contributed by atoms with van der Waals surface area (Å²) in [6, 6.07) is 3.58. The maximum atomic E-state index is 13.8. The van der Waals surface area contributed by atoms with Gasteiger partial charge in [-0.15, -0.1) is 11.6 Å². The zero-order valence-electron chi connectivity index (χ0n) is 11.7. The van der Waals surface area contributed by atoms with Crippen molar-refractivity contribution in [3.8, 4) is 0 Å². The zero-order chi connectivity index (χ0) is 13.0. The molecule has 1 aromatic rings. The first-order valence-corrected chi connectivity index (χ1v) is 7.82. The molecule has 1 spiro atoms. The molecule has 2 saturated heterocycles. The van der Waals surface area contributed by atoms with Crippen LogP contribution in [0, 0.1) is 5.82 Å². The number of rotatable bonds is 0. The summed E-state index contributed by atoms with van der Waals surface area (Å²) in [5.41, 5.74) is 0. The van der Waals surface area contributed by atoms with Crippen LogP contribution in [0.4, 0.5) is 10.2 Å². The van der Waals surface area contributed by atoms with Crippen LogP contribution in [0.2, 0.25) is 11.6 Å². The molecule has 0 aromatic carbocycles. The van der Waals surface area contributed by atoms with E-state index < -0.39 is 6.28 Å². The lowest BCUT2D eigenvalue weighted by atomic mass is 9.17. The molecule has 0 N–H and O–H groups in total. The number of hydrogen-bond acceptors (Lipinski definition) is 1. The fourth-order valence-corrected chi connectivity index (χ4v) is 5.68. The van der Waals surface area contributed by atoms with Gasteiger partial charge in [0.1, 0.15) is 0 Å². The van der Waals surface area contributed by atoms with Gasteiger partial charge in [-0.25, -0.2) is 4.39 Å².